The van der Waals surface area contributed by atoms with Crippen molar-refractivity contribution in [3.63, 3.8) is 0 Å². The molecule has 0 aliphatic carbocycles. The molecule has 0 unspecified atom stereocenters. The van der Waals surface area contributed by atoms with E-state index in [0.717, 1.165) is 15.4 Å². The molecular weight excluding hydrogens is 340 g/mol. The van der Waals surface area contributed by atoms with Gasteiger partial charge in [0.1, 0.15) is 0 Å². The van der Waals surface area contributed by atoms with Crippen LogP contribution in [0, 0.1) is 0 Å². The van der Waals surface area contributed by atoms with Gasteiger partial charge in [0, 0.05) is 10.0 Å². The Hall–Kier alpha value is -2.46. The van der Waals surface area contributed by atoms with E-state index in [1.807, 2.05) is 48.5 Å². The third kappa shape index (κ3) is 3.40. The second kappa shape index (κ2) is 6.54. The average Bonchev–Trinajstić information content (AvgIpc) is 2.55. The van der Waals surface area contributed by atoms with Gasteiger partial charge in [-0.1, -0.05) is 52.3 Å². The van der Waals surface area contributed by atoms with Gasteiger partial charge in [0.2, 0.25) is 0 Å². The number of benzene rings is 3. The SMILES string of the molecule is O=C(NN=Cc1ccc2ccccc2c1)c1ccc(Br)cc1. The number of nitrogens with one attached hydrogen (secondary N) is 1. The maximum atomic E-state index is 11.9. The van der Waals surface area contributed by atoms with Gasteiger partial charge in [0.15, 0.2) is 0 Å². The van der Waals surface area contributed by atoms with Crippen LogP contribution in [0.15, 0.2) is 76.3 Å². The number of hydrogen-bond donors (Lipinski definition) is 1. The van der Waals surface area contributed by atoms with Gasteiger partial charge in [0.05, 0.1) is 6.21 Å². The molecule has 108 valence electrons. The Morgan fingerprint density at radius 3 is 2.45 bits per heavy atom. The predicted octanol–water partition coefficient (Wildman–Crippen LogP) is 4.37. The van der Waals surface area contributed by atoms with Crippen LogP contribution in [0.1, 0.15) is 15.9 Å². The Balaban J connectivity index is 1.70. The minimum Gasteiger partial charge on any atom is -0.267 e. The minimum absolute atomic E-state index is 0.232. The number of amides is 1. The Bertz CT molecular complexity index is 841. The van der Waals surface area contributed by atoms with Crippen molar-refractivity contribution in [3.8, 4) is 0 Å². The monoisotopic (exact) mass is 352 g/mol. The van der Waals surface area contributed by atoms with Crippen LogP contribution in [0.5, 0.6) is 0 Å². The molecule has 3 aromatic rings. The molecule has 3 nitrogen and oxygen atoms in total. The maximum absolute atomic E-state index is 11.9. The van der Waals surface area contributed by atoms with Crippen LogP contribution in [0.4, 0.5) is 0 Å². The fourth-order valence-corrected chi connectivity index (χ4v) is 2.38. The highest BCUT2D eigenvalue weighted by Gasteiger charge is 2.02. The third-order valence-electron chi connectivity index (χ3n) is 3.26. The molecule has 4 heteroatoms. The second-order valence-electron chi connectivity index (χ2n) is 4.81. The fraction of sp³-hybridized carbons (Fsp3) is 0. The van der Waals surface area contributed by atoms with E-state index in [1.54, 1.807) is 18.3 Å². The summed E-state index contributed by atoms with van der Waals surface area (Å²) in [6, 6.07) is 21.3. The molecule has 0 bridgehead atoms. The van der Waals surface area contributed by atoms with Gasteiger partial charge in [-0.2, -0.15) is 5.10 Å². The summed E-state index contributed by atoms with van der Waals surface area (Å²) in [5.74, 6) is -0.232. The summed E-state index contributed by atoms with van der Waals surface area (Å²) in [6.07, 6.45) is 1.64. The zero-order chi connectivity index (χ0) is 15.4. The Kier molecular flexibility index (Phi) is 4.30. The minimum atomic E-state index is -0.232. The van der Waals surface area contributed by atoms with Crippen molar-refractivity contribution in [1.29, 1.82) is 0 Å². The second-order valence-corrected chi connectivity index (χ2v) is 5.73. The maximum Gasteiger partial charge on any atom is 0.271 e. The summed E-state index contributed by atoms with van der Waals surface area (Å²) in [6.45, 7) is 0. The zero-order valence-corrected chi connectivity index (χ0v) is 13.2. The average molecular weight is 353 g/mol. The molecule has 0 aliphatic heterocycles. The molecule has 0 saturated heterocycles. The molecule has 0 aliphatic rings. The standard InChI is InChI=1S/C18H13BrN2O/c19-17-9-7-15(8-10-17)18(22)21-20-12-13-5-6-14-3-1-2-4-16(14)11-13/h1-12H,(H,21,22). The molecule has 0 atom stereocenters. The number of fused-ring (bicyclic) bond motifs is 1. The van der Waals surface area contributed by atoms with E-state index in [0.29, 0.717) is 5.56 Å². The van der Waals surface area contributed by atoms with Gasteiger partial charge in [-0.25, -0.2) is 5.43 Å². The van der Waals surface area contributed by atoms with Gasteiger partial charge < -0.3 is 0 Å². The van der Waals surface area contributed by atoms with E-state index in [1.165, 1.54) is 5.39 Å². The number of hydrazone groups is 1. The van der Waals surface area contributed by atoms with Crippen LogP contribution in [-0.2, 0) is 0 Å². The summed E-state index contributed by atoms with van der Waals surface area (Å²) in [5, 5.41) is 6.33. The molecule has 1 N–H and O–H groups in total. The summed E-state index contributed by atoms with van der Waals surface area (Å²) in [7, 11) is 0. The van der Waals surface area contributed by atoms with Crippen molar-refractivity contribution in [2.75, 3.05) is 0 Å². The third-order valence-corrected chi connectivity index (χ3v) is 3.79. The summed E-state index contributed by atoms with van der Waals surface area (Å²) in [4.78, 5) is 11.9. The lowest BCUT2D eigenvalue weighted by Gasteiger charge is -2.01. The van der Waals surface area contributed by atoms with Crippen molar-refractivity contribution in [1.82, 2.24) is 5.43 Å². The van der Waals surface area contributed by atoms with Crippen molar-refractivity contribution in [2.45, 2.75) is 0 Å². The van der Waals surface area contributed by atoms with Crippen molar-refractivity contribution < 1.29 is 4.79 Å². The summed E-state index contributed by atoms with van der Waals surface area (Å²) >= 11 is 3.34. The topological polar surface area (TPSA) is 41.5 Å². The number of hydrogen-bond acceptors (Lipinski definition) is 2. The van der Waals surface area contributed by atoms with Gasteiger partial charge in [-0.15, -0.1) is 0 Å². The zero-order valence-electron chi connectivity index (χ0n) is 11.7. The molecule has 22 heavy (non-hydrogen) atoms. The lowest BCUT2D eigenvalue weighted by molar-refractivity contribution is 0.0955. The number of carbonyl (C=O) groups excluding carboxylic acids is 1. The molecule has 0 saturated carbocycles. The van der Waals surface area contributed by atoms with Crippen LogP contribution in [0.3, 0.4) is 0 Å². The van der Waals surface area contributed by atoms with Crippen molar-refractivity contribution in [2.24, 2.45) is 5.10 Å². The Labute approximate surface area is 136 Å². The smallest absolute Gasteiger partial charge is 0.267 e. The lowest BCUT2D eigenvalue weighted by atomic mass is 10.1. The molecular formula is C18H13BrN2O. The van der Waals surface area contributed by atoms with Crippen LogP contribution in [0.25, 0.3) is 10.8 Å². The Morgan fingerprint density at radius 1 is 0.955 bits per heavy atom. The van der Waals surface area contributed by atoms with Gasteiger partial charge in [0.25, 0.3) is 5.91 Å². The highest BCUT2D eigenvalue weighted by molar-refractivity contribution is 9.10. The number of nitrogens with zero attached hydrogens (tertiary/aromatic N) is 1. The van der Waals surface area contributed by atoms with Gasteiger partial charge in [-0.3, -0.25) is 4.79 Å². The predicted molar refractivity (Wildman–Crippen MR) is 93.2 cm³/mol. The van der Waals surface area contributed by atoms with E-state index in [2.05, 4.69) is 32.5 Å². The highest BCUT2D eigenvalue weighted by atomic mass is 79.9. The molecule has 3 aromatic carbocycles. The molecule has 3 rings (SSSR count). The lowest BCUT2D eigenvalue weighted by Crippen LogP contribution is -2.17. The van der Waals surface area contributed by atoms with Gasteiger partial charge >= 0.3 is 0 Å². The highest BCUT2D eigenvalue weighted by Crippen LogP contribution is 2.14. The van der Waals surface area contributed by atoms with E-state index >= 15 is 0 Å². The molecule has 0 fully saturated rings. The van der Waals surface area contributed by atoms with Crippen LogP contribution >= 0.6 is 15.9 Å². The van der Waals surface area contributed by atoms with E-state index in [-0.39, 0.29) is 5.91 Å². The van der Waals surface area contributed by atoms with Gasteiger partial charge in [-0.05, 0) is 46.7 Å². The molecule has 0 radical (unpaired) electrons. The number of carbonyl (C=O) groups is 1. The van der Waals surface area contributed by atoms with E-state index in [9.17, 15) is 4.79 Å². The fourth-order valence-electron chi connectivity index (χ4n) is 2.12. The van der Waals surface area contributed by atoms with Crippen LogP contribution < -0.4 is 5.43 Å². The first-order chi connectivity index (χ1) is 10.7. The number of halogens is 1. The Morgan fingerprint density at radius 2 is 1.68 bits per heavy atom. The van der Waals surface area contributed by atoms with E-state index < -0.39 is 0 Å². The van der Waals surface area contributed by atoms with Crippen LogP contribution in [-0.4, -0.2) is 12.1 Å². The van der Waals surface area contributed by atoms with Crippen molar-refractivity contribution >= 4 is 38.8 Å². The summed E-state index contributed by atoms with van der Waals surface area (Å²) < 4.78 is 0.934. The molecule has 1 amide bonds. The first kappa shape index (κ1) is 14.5. The summed E-state index contributed by atoms with van der Waals surface area (Å²) in [5.41, 5.74) is 4.04. The normalized spacial score (nSPS) is 11.0. The number of rotatable bonds is 3. The first-order valence-electron chi connectivity index (χ1n) is 6.80. The largest absolute Gasteiger partial charge is 0.271 e. The van der Waals surface area contributed by atoms with Crippen LogP contribution in [0.2, 0.25) is 0 Å². The molecule has 0 aromatic heterocycles. The molecule has 0 spiro atoms. The quantitative estimate of drug-likeness (QED) is 0.552. The molecule has 0 heterocycles. The van der Waals surface area contributed by atoms with E-state index in [4.69, 9.17) is 0 Å². The first-order valence-corrected chi connectivity index (χ1v) is 7.59. The van der Waals surface area contributed by atoms with Crippen molar-refractivity contribution in [3.05, 3.63) is 82.3 Å².